The number of thiazole rings is 2. The standard InChI is InChI=1S/C27H28N4O4S.C24H26N2O5.C3H4N2S/c1-27(2,3)35-26(33)31-13-11-18(16-31)34-22-10-5-4-8-19(22)21-15-17-7-6-9-20(23(17)29-21)24(32)30-25-28-12-14-36-25;1-24(2,3)31-23(29)26-12-11-16(14-26)30-20-10-5-4-8-17(20)19-13-15-7-6-9-18(22(27)28)21(15)25-19;4-3-5-1-2-6-3/h4-10,12,14,18H,11,13,15-16H2,1-3H3,(H,28,30,32);4-10,16H,11-14H2,1-3H3,(H,27,28);1-2H,(H2,4,5). The van der Waals surface area contributed by atoms with Crippen molar-refractivity contribution in [1.29, 1.82) is 0 Å². The van der Waals surface area contributed by atoms with E-state index in [4.69, 9.17) is 29.7 Å². The number of nitrogen functional groups attached to an aromatic ring is 1. The summed E-state index contributed by atoms with van der Waals surface area (Å²) in [6, 6.07) is 26.3. The fourth-order valence-electron chi connectivity index (χ4n) is 8.40. The molecule has 2 fully saturated rings. The zero-order chi connectivity index (χ0) is 51.9. The lowest BCUT2D eigenvalue weighted by molar-refractivity contribution is 0.0266. The highest BCUT2D eigenvalue weighted by molar-refractivity contribution is 7.13. The minimum Gasteiger partial charge on any atom is -0.488 e. The normalized spacial score (nSPS) is 16.6. The number of carboxylic acid groups (broad SMARTS) is 1. The molecule has 380 valence electrons. The molecule has 0 bridgehead atoms. The minimum atomic E-state index is -0.987. The molecule has 19 heteroatoms. The van der Waals surface area contributed by atoms with Crippen molar-refractivity contribution in [2.24, 2.45) is 9.98 Å². The summed E-state index contributed by atoms with van der Waals surface area (Å²) in [5.74, 6) is 0.181. The van der Waals surface area contributed by atoms with Crippen LogP contribution in [0.5, 0.6) is 11.5 Å². The molecule has 4 N–H and O–H groups in total. The number of carbonyl (C=O) groups is 4. The van der Waals surface area contributed by atoms with Crippen molar-refractivity contribution in [3.63, 3.8) is 0 Å². The van der Waals surface area contributed by atoms with Gasteiger partial charge in [-0.1, -0.05) is 48.5 Å². The third-order valence-corrected chi connectivity index (χ3v) is 12.9. The second kappa shape index (κ2) is 22.4. The van der Waals surface area contributed by atoms with Crippen LogP contribution < -0.4 is 20.5 Å². The minimum absolute atomic E-state index is 0.136. The Hall–Kier alpha value is -7.64. The number of carboxylic acids is 1. The second-order valence-corrected chi connectivity index (χ2v) is 21.3. The predicted molar refractivity (Wildman–Crippen MR) is 283 cm³/mol. The van der Waals surface area contributed by atoms with Crippen molar-refractivity contribution in [1.82, 2.24) is 19.8 Å². The number of carbonyl (C=O) groups excluding carboxylic acids is 3. The van der Waals surface area contributed by atoms with E-state index in [0.29, 0.717) is 84.1 Å². The van der Waals surface area contributed by atoms with E-state index in [1.54, 1.807) is 40.4 Å². The molecule has 4 aromatic carbocycles. The zero-order valence-electron chi connectivity index (χ0n) is 41.5. The predicted octanol–water partition coefficient (Wildman–Crippen LogP) is 10.6. The zero-order valence-corrected chi connectivity index (χ0v) is 43.1. The molecule has 17 nitrogen and oxygen atoms in total. The van der Waals surface area contributed by atoms with Crippen LogP contribution in [0, 0.1) is 0 Å². The average Bonchev–Trinajstić information content (AvgIpc) is 4.21. The Bertz CT molecular complexity index is 3020. The number of nitrogens with zero attached hydrogens (tertiary/aromatic N) is 6. The van der Waals surface area contributed by atoms with Crippen LogP contribution in [-0.4, -0.2) is 110 Å². The number of aliphatic imine (C=N–C) groups is 2. The van der Waals surface area contributed by atoms with Crippen LogP contribution in [0.25, 0.3) is 0 Å². The van der Waals surface area contributed by atoms with E-state index in [1.165, 1.54) is 22.7 Å². The van der Waals surface area contributed by atoms with Crippen LogP contribution in [0.1, 0.15) is 97.4 Å². The molecule has 4 aliphatic heterocycles. The Kier molecular flexibility index (Phi) is 15.9. The van der Waals surface area contributed by atoms with Crippen molar-refractivity contribution < 1.29 is 43.2 Å². The summed E-state index contributed by atoms with van der Waals surface area (Å²) >= 11 is 2.81. The van der Waals surface area contributed by atoms with Gasteiger partial charge in [-0.15, -0.1) is 22.7 Å². The number of benzene rings is 4. The molecule has 2 atom stereocenters. The van der Waals surface area contributed by atoms with Crippen LogP contribution in [0.3, 0.4) is 0 Å². The molecule has 3 amide bonds. The Balaban J connectivity index is 0.000000176. The van der Waals surface area contributed by atoms with Gasteiger partial charge >= 0.3 is 18.2 Å². The highest BCUT2D eigenvalue weighted by Gasteiger charge is 2.34. The van der Waals surface area contributed by atoms with E-state index in [-0.39, 0.29) is 35.9 Å². The number of fused-ring (bicyclic) bond motifs is 2. The number of amides is 3. The van der Waals surface area contributed by atoms with Gasteiger partial charge in [0, 0.05) is 73.1 Å². The lowest BCUT2D eigenvalue weighted by Crippen LogP contribution is -2.36. The number of hydrogen-bond donors (Lipinski definition) is 3. The van der Waals surface area contributed by atoms with Gasteiger partial charge < -0.3 is 39.6 Å². The van der Waals surface area contributed by atoms with Crippen molar-refractivity contribution in [3.05, 3.63) is 141 Å². The molecule has 2 unspecified atom stereocenters. The molecular formula is C54H58N8O9S2. The van der Waals surface area contributed by atoms with E-state index in [1.807, 2.05) is 119 Å². The Morgan fingerprint density at radius 1 is 0.644 bits per heavy atom. The van der Waals surface area contributed by atoms with E-state index in [9.17, 15) is 24.3 Å². The summed E-state index contributed by atoms with van der Waals surface area (Å²) < 4.78 is 23.6. The molecule has 0 saturated carbocycles. The van der Waals surface area contributed by atoms with Gasteiger partial charge in [0.1, 0.15) is 34.9 Å². The number of nitrogens with two attached hydrogens (primary N) is 1. The number of hydrogen-bond acceptors (Lipinski definition) is 15. The van der Waals surface area contributed by atoms with Gasteiger partial charge in [-0.25, -0.2) is 24.4 Å². The second-order valence-electron chi connectivity index (χ2n) is 19.5. The summed E-state index contributed by atoms with van der Waals surface area (Å²) in [7, 11) is 0. The first-order valence-corrected chi connectivity index (χ1v) is 25.6. The Morgan fingerprint density at radius 2 is 1.12 bits per heavy atom. The molecule has 0 radical (unpaired) electrons. The highest BCUT2D eigenvalue weighted by atomic mass is 32.1. The average molecular weight is 1030 g/mol. The number of likely N-dealkylation sites (tertiary alicyclic amines) is 2. The van der Waals surface area contributed by atoms with Crippen LogP contribution in [-0.2, 0) is 22.3 Å². The maximum atomic E-state index is 12.9. The molecular weight excluding hydrogens is 969 g/mol. The number of nitrogens with one attached hydrogen (secondary N) is 1. The maximum absolute atomic E-state index is 12.9. The van der Waals surface area contributed by atoms with E-state index in [0.717, 1.165) is 40.1 Å². The summed E-state index contributed by atoms with van der Waals surface area (Å²) in [5, 5.41) is 17.1. The summed E-state index contributed by atoms with van der Waals surface area (Å²) in [6.07, 6.45) is 4.99. The Morgan fingerprint density at radius 3 is 1.56 bits per heavy atom. The molecule has 6 heterocycles. The van der Waals surface area contributed by atoms with Gasteiger partial charge in [-0.2, -0.15) is 0 Å². The quantitative estimate of drug-likeness (QED) is 0.123. The van der Waals surface area contributed by atoms with Crippen LogP contribution in [0.4, 0.5) is 31.2 Å². The fraction of sp³-hybridized carbons (Fsp3) is 0.333. The van der Waals surface area contributed by atoms with E-state index < -0.39 is 17.2 Å². The van der Waals surface area contributed by atoms with Crippen molar-refractivity contribution in [3.8, 4) is 11.5 Å². The van der Waals surface area contributed by atoms with Crippen LogP contribution >= 0.6 is 22.7 Å². The van der Waals surface area contributed by atoms with E-state index in [2.05, 4.69) is 20.3 Å². The van der Waals surface area contributed by atoms with Crippen molar-refractivity contribution >= 4 is 79.8 Å². The molecule has 6 aromatic rings. The first-order chi connectivity index (χ1) is 34.9. The SMILES string of the molecule is CC(C)(C)OC(=O)N1CCC(Oc2ccccc2C2=Nc3c(cccc3C(=O)Nc3nccs3)C2)C1.CC(C)(C)OC(=O)N1CCC(Oc2ccccc2C2=Nc3c(cccc3C(=O)O)C2)C1.Nc1nccs1. The molecule has 2 saturated heterocycles. The Labute approximate surface area is 431 Å². The van der Waals surface area contributed by atoms with E-state index >= 15 is 0 Å². The highest BCUT2D eigenvalue weighted by Crippen LogP contribution is 2.37. The third kappa shape index (κ3) is 13.5. The van der Waals surface area contributed by atoms with Gasteiger partial charge in [0.15, 0.2) is 10.3 Å². The number of para-hydroxylation sites is 4. The van der Waals surface area contributed by atoms with Gasteiger partial charge in [0.25, 0.3) is 5.91 Å². The molecule has 0 aliphatic carbocycles. The monoisotopic (exact) mass is 1030 g/mol. The molecule has 4 aliphatic rings. The number of aromatic carboxylic acids is 1. The number of aromatic nitrogens is 2. The van der Waals surface area contributed by atoms with Crippen LogP contribution in [0.2, 0.25) is 0 Å². The first-order valence-electron chi connectivity index (χ1n) is 23.8. The van der Waals surface area contributed by atoms with Gasteiger partial charge in [-0.05, 0) is 89.1 Å². The summed E-state index contributed by atoms with van der Waals surface area (Å²) in [4.78, 5) is 69.9. The summed E-state index contributed by atoms with van der Waals surface area (Å²) in [6.45, 7) is 13.2. The van der Waals surface area contributed by atoms with Crippen LogP contribution in [0.15, 0.2) is 118 Å². The first kappa shape index (κ1) is 51.7. The topological polar surface area (TPSA) is 220 Å². The van der Waals surface area contributed by atoms with Gasteiger partial charge in [-0.3, -0.25) is 20.1 Å². The molecule has 73 heavy (non-hydrogen) atoms. The number of anilines is 2. The number of ether oxygens (including phenoxy) is 4. The molecule has 10 rings (SSSR count). The van der Waals surface area contributed by atoms with Gasteiger partial charge in [0.2, 0.25) is 0 Å². The van der Waals surface area contributed by atoms with Crippen molar-refractivity contribution in [2.75, 3.05) is 37.2 Å². The molecule has 0 spiro atoms. The summed E-state index contributed by atoms with van der Waals surface area (Å²) in [5.41, 5.74) is 11.2. The van der Waals surface area contributed by atoms with Crippen molar-refractivity contribution in [2.45, 2.75) is 90.6 Å². The third-order valence-electron chi connectivity index (χ3n) is 11.6. The number of rotatable bonds is 9. The maximum Gasteiger partial charge on any atom is 0.410 e. The van der Waals surface area contributed by atoms with Gasteiger partial charge in [0.05, 0.1) is 47.0 Å². The fourth-order valence-corrected chi connectivity index (χ4v) is 9.31. The lowest BCUT2D eigenvalue weighted by Gasteiger charge is -2.24. The largest absolute Gasteiger partial charge is 0.488 e. The lowest BCUT2D eigenvalue weighted by atomic mass is 10.0. The smallest absolute Gasteiger partial charge is 0.410 e. The molecule has 2 aromatic heterocycles.